The second-order valence-corrected chi connectivity index (χ2v) is 6.64. The molecule has 0 bridgehead atoms. The van der Waals surface area contributed by atoms with E-state index in [0.717, 1.165) is 49.2 Å². The summed E-state index contributed by atoms with van der Waals surface area (Å²) < 4.78 is 0. The number of hydrogen-bond donors (Lipinski definition) is 0. The van der Waals surface area contributed by atoms with E-state index in [9.17, 15) is 0 Å². The van der Waals surface area contributed by atoms with Crippen LogP contribution in [0.3, 0.4) is 0 Å². The van der Waals surface area contributed by atoms with E-state index in [4.69, 9.17) is 9.98 Å². The van der Waals surface area contributed by atoms with Crippen LogP contribution in [0.25, 0.3) is 0 Å². The molecule has 0 atom stereocenters. The van der Waals surface area contributed by atoms with E-state index in [1.54, 1.807) is 0 Å². The molecule has 0 unspecified atom stereocenters. The molecule has 3 heteroatoms. The summed E-state index contributed by atoms with van der Waals surface area (Å²) >= 11 is 0. The van der Waals surface area contributed by atoms with Crippen LogP contribution in [0.2, 0.25) is 0 Å². The van der Waals surface area contributed by atoms with Crippen molar-refractivity contribution in [3.05, 3.63) is 58.7 Å². The summed E-state index contributed by atoms with van der Waals surface area (Å²) in [7, 11) is 0. The van der Waals surface area contributed by atoms with Crippen LogP contribution in [-0.4, -0.2) is 11.9 Å². The molecule has 0 N–H and O–H groups in total. The van der Waals surface area contributed by atoms with Gasteiger partial charge in [-0.3, -0.25) is 9.98 Å². The summed E-state index contributed by atoms with van der Waals surface area (Å²) in [4.78, 5) is 9.58. The molecule has 0 aliphatic rings. The monoisotopic (exact) mass is 406 g/mol. The SMILES string of the molecule is CCC(/C=N/c1cc(CC)cc(CC)c1)=N\c1cc(CC)cc(CC)c1.[Ni]. The van der Waals surface area contributed by atoms with Gasteiger partial charge in [-0.1, -0.05) is 46.8 Å². The predicted octanol–water partition coefficient (Wildman–Crippen LogP) is 6.82. The molecule has 2 nitrogen and oxygen atoms in total. The van der Waals surface area contributed by atoms with Crippen LogP contribution in [0.1, 0.15) is 63.3 Å². The molecule has 0 saturated carbocycles. The Morgan fingerprint density at radius 3 is 1.44 bits per heavy atom. The Morgan fingerprint density at radius 1 is 0.667 bits per heavy atom. The standard InChI is InChI=1S/C24H32N2.Ni/c1-6-18-11-19(7-2)14-23(13-18)25-17-22(10-5)26-24-15-20(8-3)12-21(9-4)16-24;/h11-17H,6-10H2,1-5H3;/b25-17+,26-22+;. The van der Waals surface area contributed by atoms with Gasteiger partial charge >= 0.3 is 0 Å². The van der Waals surface area contributed by atoms with Crippen LogP contribution in [-0.2, 0) is 42.2 Å². The normalized spacial score (nSPS) is 11.7. The molecule has 0 spiro atoms. The molecular weight excluding hydrogens is 375 g/mol. The van der Waals surface area contributed by atoms with Gasteiger partial charge in [-0.2, -0.15) is 0 Å². The summed E-state index contributed by atoms with van der Waals surface area (Å²) in [5.41, 5.74) is 8.46. The summed E-state index contributed by atoms with van der Waals surface area (Å²) in [6.45, 7) is 10.9. The van der Waals surface area contributed by atoms with Crippen molar-refractivity contribution in [3.8, 4) is 0 Å². The van der Waals surface area contributed by atoms with E-state index in [0.29, 0.717) is 0 Å². The van der Waals surface area contributed by atoms with Gasteiger partial charge in [-0.15, -0.1) is 0 Å². The molecule has 0 radical (unpaired) electrons. The zero-order chi connectivity index (χ0) is 18.9. The van der Waals surface area contributed by atoms with E-state index in [-0.39, 0.29) is 16.5 Å². The molecule has 0 heterocycles. The van der Waals surface area contributed by atoms with Crippen molar-refractivity contribution in [2.75, 3.05) is 0 Å². The number of aryl methyl sites for hydroxylation is 4. The maximum atomic E-state index is 4.86. The van der Waals surface area contributed by atoms with Crippen molar-refractivity contribution in [3.63, 3.8) is 0 Å². The molecule has 0 aliphatic heterocycles. The molecule has 0 aromatic heterocycles. The van der Waals surface area contributed by atoms with E-state index in [2.05, 4.69) is 71.0 Å². The third-order valence-corrected chi connectivity index (χ3v) is 4.71. The number of rotatable bonds is 8. The maximum Gasteiger partial charge on any atom is 0.0639 e. The van der Waals surface area contributed by atoms with E-state index in [1.165, 1.54) is 22.3 Å². The fraction of sp³-hybridized carbons (Fsp3) is 0.417. The molecule has 148 valence electrons. The van der Waals surface area contributed by atoms with Crippen molar-refractivity contribution < 1.29 is 16.5 Å². The number of aliphatic imine (C=N–C) groups is 2. The first-order chi connectivity index (χ1) is 12.6. The van der Waals surface area contributed by atoms with E-state index >= 15 is 0 Å². The Balaban J connectivity index is 0.00000364. The second kappa shape index (κ2) is 11.9. The van der Waals surface area contributed by atoms with Gasteiger partial charge in [0.05, 0.1) is 17.1 Å². The van der Waals surface area contributed by atoms with Gasteiger partial charge in [0, 0.05) is 22.7 Å². The Hall–Kier alpha value is -1.73. The van der Waals surface area contributed by atoms with Gasteiger partial charge in [0.1, 0.15) is 0 Å². The van der Waals surface area contributed by atoms with Crippen LogP contribution < -0.4 is 0 Å². The summed E-state index contributed by atoms with van der Waals surface area (Å²) in [5, 5.41) is 0. The minimum Gasteiger partial charge on any atom is -0.255 e. The van der Waals surface area contributed by atoms with Crippen molar-refractivity contribution in [2.24, 2.45) is 9.98 Å². The maximum absolute atomic E-state index is 4.86. The first-order valence-corrected chi connectivity index (χ1v) is 9.99. The van der Waals surface area contributed by atoms with Crippen LogP contribution in [0.4, 0.5) is 11.4 Å². The molecule has 2 rings (SSSR count). The Morgan fingerprint density at radius 2 is 1.07 bits per heavy atom. The van der Waals surface area contributed by atoms with Gasteiger partial charge in [0.2, 0.25) is 0 Å². The minimum atomic E-state index is 0. The number of nitrogens with zero attached hydrogens (tertiary/aromatic N) is 2. The summed E-state index contributed by atoms with van der Waals surface area (Å²) in [5.74, 6) is 0. The molecule has 0 fully saturated rings. The largest absolute Gasteiger partial charge is 0.255 e. The van der Waals surface area contributed by atoms with Gasteiger partial charge in [-0.25, -0.2) is 0 Å². The average Bonchev–Trinajstić information content (AvgIpc) is 2.70. The third kappa shape index (κ3) is 7.07. The Bertz CT molecular complexity index is 746. The molecule has 27 heavy (non-hydrogen) atoms. The zero-order valence-electron chi connectivity index (χ0n) is 17.3. The van der Waals surface area contributed by atoms with Crippen molar-refractivity contribution in [1.82, 2.24) is 0 Å². The molecule has 2 aromatic carbocycles. The van der Waals surface area contributed by atoms with Crippen molar-refractivity contribution in [2.45, 2.75) is 66.7 Å². The predicted molar refractivity (Wildman–Crippen MR) is 116 cm³/mol. The van der Waals surface area contributed by atoms with Crippen molar-refractivity contribution in [1.29, 1.82) is 0 Å². The van der Waals surface area contributed by atoms with Crippen LogP contribution >= 0.6 is 0 Å². The van der Waals surface area contributed by atoms with E-state index < -0.39 is 0 Å². The molecule has 0 amide bonds. The summed E-state index contributed by atoms with van der Waals surface area (Å²) in [6, 6.07) is 13.3. The quantitative estimate of drug-likeness (QED) is 0.339. The topological polar surface area (TPSA) is 24.7 Å². The van der Waals surface area contributed by atoms with Gasteiger partial charge in [-0.05, 0) is 78.6 Å². The molecule has 0 aliphatic carbocycles. The Kier molecular flexibility index (Phi) is 10.3. The Labute approximate surface area is 175 Å². The number of hydrogen-bond acceptors (Lipinski definition) is 2. The fourth-order valence-electron chi connectivity index (χ4n) is 2.96. The molecular formula is C24H32N2Ni. The van der Waals surface area contributed by atoms with Crippen LogP contribution in [0.5, 0.6) is 0 Å². The number of benzene rings is 2. The molecule has 0 saturated heterocycles. The second-order valence-electron chi connectivity index (χ2n) is 6.64. The average molecular weight is 407 g/mol. The fourth-order valence-corrected chi connectivity index (χ4v) is 2.96. The van der Waals surface area contributed by atoms with E-state index in [1.807, 2.05) is 6.21 Å². The molecule has 2 aromatic rings. The van der Waals surface area contributed by atoms with Crippen LogP contribution in [0.15, 0.2) is 46.4 Å². The zero-order valence-corrected chi connectivity index (χ0v) is 18.3. The van der Waals surface area contributed by atoms with Gasteiger partial charge in [0.15, 0.2) is 0 Å². The first-order valence-electron chi connectivity index (χ1n) is 9.99. The van der Waals surface area contributed by atoms with Crippen LogP contribution in [0, 0.1) is 0 Å². The van der Waals surface area contributed by atoms with Gasteiger partial charge < -0.3 is 0 Å². The van der Waals surface area contributed by atoms with Crippen molar-refractivity contribution >= 4 is 23.3 Å². The first kappa shape index (κ1) is 23.3. The smallest absolute Gasteiger partial charge is 0.0639 e. The summed E-state index contributed by atoms with van der Waals surface area (Å²) in [6.07, 6.45) is 6.95. The van der Waals surface area contributed by atoms with Gasteiger partial charge in [0.25, 0.3) is 0 Å². The minimum absolute atomic E-state index is 0. The third-order valence-electron chi connectivity index (χ3n) is 4.71.